The lowest BCUT2D eigenvalue weighted by atomic mass is 9.84. The summed E-state index contributed by atoms with van der Waals surface area (Å²) in [5, 5.41) is 12.6. The molecule has 1 saturated heterocycles. The molecular weight excluding hydrogens is 539 g/mol. The van der Waals surface area contributed by atoms with E-state index in [1.54, 1.807) is 24.7 Å². The Morgan fingerprint density at radius 3 is 2.15 bits per heavy atom. The van der Waals surface area contributed by atoms with Crippen LogP contribution in [0.5, 0.6) is 0 Å². The molecule has 41 heavy (non-hydrogen) atoms. The number of likely N-dealkylation sites (tertiary alicyclic amines) is 1. The number of hydrogen-bond acceptors (Lipinski definition) is 6. The first kappa shape index (κ1) is 36.9. The van der Waals surface area contributed by atoms with Gasteiger partial charge in [0.15, 0.2) is 6.04 Å². The summed E-state index contributed by atoms with van der Waals surface area (Å²) in [4.78, 5) is 33.7. The first-order valence-electron chi connectivity index (χ1n) is 12.7. The first-order valence-corrected chi connectivity index (χ1v) is 12.7. The zero-order chi connectivity index (χ0) is 32.3. The van der Waals surface area contributed by atoms with Gasteiger partial charge in [-0.2, -0.15) is 18.4 Å². The third-order valence-corrected chi connectivity index (χ3v) is 6.35. The van der Waals surface area contributed by atoms with E-state index in [-0.39, 0.29) is 16.5 Å². The molecule has 0 bridgehead atoms. The van der Waals surface area contributed by atoms with Crippen LogP contribution < -0.4 is 33.1 Å². The minimum absolute atomic E-state index is 0.104. The molecule has 0 aliphatic carbocycles. The van der Waals surface area contributed by atoms with Crippen LogP contribution in [0.1, 0.15) is 60.5 Å². The number of nitrogens with zero attached hydrogens (tertiary/aromatic N) is 3. The average Bonchev–Trinajstić information content (AvgIpc) is 3.30. The van der Waals surface area contributed by atoms with Crippen molar-refractivity contribution in [2.45, 2.75) is 67.1 Å². The number of primary amides is 1. The molecule has 3 amide bonds. The van der Waals surface area contributed by atoms with Crippen molar-refractivity contribution >= 4 is 30.1 Å². The molecule has 7 N–H and O–H groups in total. The largest absolute Gasteiger partial charge is 0.470 e. The number of rotatable bonds is 4. The molecule has 1 unspecified atom stereocenters. The molecule has 2 rings (SSSR count). The van der Waals surface area contributed by atoms with Crippen LogP contribution in [0.4, 0.5) is 13.2 Å². The van der Waals surface area contributed by atoms with Gasteiger partial charge in [0.05, 0.1) is 22.7 Å². The van der Waals surface area contributed by atoms with Gasteiger partial charge in [0.1, 0.15) is 0 Å². The van der Waals surface area contributed by atoms with Gasteiger partial charge < -0.3 is 32.0 Å². The van der Waals surface area contributed by atoms with Gasteiger partial charge >= 0.3 is 12.1 Å². The summed E-state index contributed by atoms with van der Waals surface area (Å²) in [7, 11) is 1.80. The summed E-state index contributed by atoms with van der Waals surface area (Å²) < 4.78 is 33.9. The van der Waals surface area contributed by atoms with Gasteiger partial charge in [-0.1, -0.05) is 47.5 Å². The number of hydrogen-bond donors (Lipinski definition) is 4. The maximum Gasteiger partial charge on any atom is 0.470 e. The number of nitrogens with one attached hydrogen (secondary N) is 1. The van der Waals surface area contributed by atoms with Gasteiger partial charge in [-0.15, -0.1) is 5.92 Å². The lowest BCUT2D eigenvalue weighted by molar-refractivity contribution is -0.169. The minimum atomic E-state index is -4.86. The highest BCUT2D eigenvalue weighted by Gasteiger charge is 2.39. The molecule has 0 aromatic carbocycles. The molecule has 0 radical (unpaired) electrons. The fourth-order valence-corrected chi connectivity index (χ4v) is 3.83. The Labute approximate surface area is 239 Å². The molecule has 0 saturated carbocycles. The minimum Gasteiger partial charge on any atom is -0.403 e. The van der Waals surface area contributed by atoms with E-state index >= 15 is 0 Å². The van der Waals surface area contributed by atoms with Crippen molar-refractivity contribution in [1.82, 2.24) is 14.8 Å². The number of amides is 3. The van der Waals surface area contributed by atoms with Crippen molar-refractivity contribution in [1.29, 1.82) is 5.26 Å². The normalized spacial score (nSPS) is 17.8. The predicted octanol–water partition coefficient (Wildman–Crippen LogP) is 0.759. The Morgan fingerprint density at radius 2 is 1.80 bits per heavy atom. The Bertz CT molecular complexity index is 1310. The first-order chi connectivity index (χ1) is 18.7. The van der Waals surface area contributed by atoms with E-state index in [4.69, 9.17) is 21.5 Å². The molecule has 2 atom stereocenters. The fourth-order valence-electron chi connectivity index (χ4n) is 3.83. The summed E-state index contributed by atoms with van der Waals surface area (Å²) >= 11 is 0. The van der Waals surface area contributed by atoms with Gasteiger partial charge in [0.2, 0.25) is 12.3 Å². The monoisotopic (exact) mass is 581 g/mol. The number of alkyl halides is 3. The quantitative estimate of drug-likeness (QED) is 0.302. The number of nitriles is 1. The number of nitrogens with two attached hydrogens (primary N) is 3. The SMILES string of the molecule is CC#Cc1cn(C)c(=C/N)/c1=C(\N)C(C#N)NC=O.C[C@H]1CN(C(=O)CC(C)(C)C)CC1(C)C.NC(=O)C(F)(F)F. The van der Waals surface area contributed by atoms with Gasteiger partial charge in [0, 0.05) is 44.2 Å². The van der Waals surface area contributed by atoms with Crippen molar-refractivity contribution in [3.63, 3.8) is 0 Å². The predicted molar refractivity (Wildman–Crippen MR) is 151 cm³/mol. The molecule has 10 nitrogen and oxygen atoms in total. The van der Waals surface area contributed by atoms with Crippen molar-refractivity contribution < 1.29 is 27.6 Å². The van der Waals surface area contributed by atoms with E-state index in [2.05, 4.69) is 64.4 Å². The highest BCUT2D eigenvalue weighted by molar-refractivity contribution is 5.79. The van der Waals surface area contributed by atoms with Crippen LogP contribution in [0.25, 0.3) is 11.9 Å². The molecule has 13 heteroatoms. The van der Waals surface area contributed by atoms with E-state index in [9.17, 15) is 22.8 Å². The van der Waals surface area contributed by atoms with Crippen LogP contribution in [0, 0.1) is 39.9 Å². The molecular formula is C28H42F3N7O3. The third-order valence-electron chi connectivity index (χ3n) is 6.35. The summed E-state index contributed by atoms with van der Waals surface area (Å²) in [5.41, 5.74) is 16.6. The van der Waals surface area contributed by atoms with Crippen LogP contribution in [0.3, 0.4) is 0 Å². The van der Waals surface area contributed by atoms with Crippen LogP contribution >= 0.6 is 0 Å². The summed E-state index contributed by atoms with van der Waals surface area (Å²) in [6, 6.07) is 0.994. The number of halogens is 3. The van der Waals surface area contributed by atoms with Crippen LogP contribution in [0.15, 0.2) is 6.20 Å². The van der Waals surface area contributed by atoms with Crippen molar-refractivity contribution in [3.8, 4) is 17.9 Å². The zero-order valence-electron chi connectivity index (χ0n) is 24.9. The molecule has 1 aromatic rings. The van der Waals surface area contributed by atoms with Crippen molar-refractivity contribution in [2.24, 2.45) is 41.0 Å². The van der Waals surface area contributed by atoms with E-state index in [0.717, 1.165) is 13.1 Å². The third kappa shape index (κ3) is 11.5. The maximum absolute atomic E-state index is 12.0. The van der Waals surface area contributed by atoms with E-state index in [1.165, 1.54) is 6.20 Å². The lowest BCUT2D eigenvalue weighted by Gasteiger charge is -2.24. The fraction of sp³-hybridized carbons (Fsp3) is 0.571. The Kier molecular flexibility index (Phi) is 13.5. The summed E-state index contributed by atoms with van der Waals surface area (Å²) in [6.45, 7) is 16.7. The van der Waals surface area contributed by atoms with Gasteiger partial charge in [0.25, 0.3) is 0 Å². The molecule has 228 valence electrons. The van der Waals surface area contributed by atoms with Crippen molar-refractivity contribution in [2.75, 3.05) is 13.1 Å². The average molecular weight is 582 g/mol. The Hall–Kier alpha value is -4.13. The molecule has 2 heterocycles. The molecule has 0 spiro atoms. The highest BCUT2D eigenvalue weighted by Crippen LogP contribution is 2.35. The van der Waals surface area contributed by atoms with Gasteiger partial charge in [-0.25, -0.2) is 0 Å². The van der Waals surface area contributed by atoms with Gasteiger partial charge in [-0.3, -0.25) is 14.4 Å². The molecule has 1 fully saturated rings. The van der Waals surface area contributed by atoms with Crippen molar-refractivity contribution in [3.05, 3.63) is 22.3 Å². The number of aromatic nitrogens is 1. The second-order valence-corrected chi connectivity index (χ2v) is 11.5. The highest BCUT2D eigenvalue weighted by atomic mass is 19.4. The maximum atomic E-state index is 12.0. The molecule has 1 aliphatic heterocycles. The Morgan fingerprint density at radius 1 is 1.27 bits per heavy atom. The molecule has 1 aliphatic rings. The van der Waals surface area contributed by atoms with E-state index in [1.807, 2.05) is 11.0 Å². The second kappa shape index (κ2) is 15.0. The second-order valence-electron chi connectivity index (χ2n) is 11.5. The van der Waals surface area contributed by atoms with E-state index < -0.39 is 18.1 Å². The van der Waals surface area contributed by atoms with Gasteiger partial charge in [-0.05, 0) is 23.7 Å². The van der Waals surface area contributed by atoms with E-state index in [0.29, 0.717) is 40.8 Å². The summed E-state index contributed by atoms with van der Waals surface area (Å²) in [5.74, 6) is 4.35. The zero-order valence-corrected chi connectivity index (χ0v) is 24.9. The van der Waals surface area contributed by atoms with Crippen LogP contribution in [0.2, 0.25) is 0 Å². The van der Waals surface area contributed by atoms with Crippen LogP contribution in [-0.2, 0) is 21.4 Å². The Balaban J connectivity index is 0.000000647. The number of carbonyl (C=O) groups excluding carboxylic acids is 3. The summed E-state index contributed by atoms with van der Waals surface area (Å²) in [6.07, 6.45) is -0.610. The number of carbonyl (C=O) groups is 3. The molecule has 1 aromatic heterocycles. The number of aryl methyl sites for hydroxylation is 1. The standard InChI is InChI=1S/C13H15N5O.C13H25NO.C2H2F3NO/c1-3-4-9-7-18(2)11(6-15)12(9)13(16)10(5-14)17-8-19;1-10-8-14(9-13(10,5)6)11(15)7-12(2,3)4;3-2(4,5)1(6)7/h6-8,10H,15-16H2,1-2H3,(H,17,19);10H,7-9H2,1-6H3;(H2,6,7)/b11-6+,13-12-;;/t;10-;/m.0./s1. The topological polar surface area (TPSA) is 173 Å². The van der Waals surface area contributed by atoms with Crippen LogP contribution in [-0.4, -0.2) is 53.0 Å². The smallest absolute Gasteiger partial charge is 0.403 e. The lowest BCUT2D eigenvalue weighted by Crippen LogP contribution is -2.41.